The van der Waals surface area contributed by atoms with Gasteiger partial charge >= 0.3 is 0 Å². The van der Waals surface area contributed by atoms with Gasteiger partial charge in [0.1, 0.15) is 0 Å². The third kappa shape index (κ3) is 2.37. The molecule has 1 aromatic rings. The maximum absolute atomic E-state index is 11.5. The van der Waals surface area contributed by atoms with Gasteiger partial charge in [-0.25, -0.2) is 0 Å². The molecule has 1 atom stereocenters. The average Bonchev–Trinajstić information content (AvgIpc) is 2.69. The van der Waals surface area contributed by atoms with Crippen LogP contribution >= 0.6 is 11.6 Å². The second-order valence-corrected chi connectivity index (χ2v) is 4.46. The van der Waals surface area contributed by atoms with Gasteiger partial charge in [0, 0.05) is 29.9 Å². The lowest BCUT2D eigenvalue weighted by molar-refractivity contribution is 0.0966. The molecule has 1 heterocycles. The molecule has 17 heavy (non-hydrogen) atoms. The summed E-state index contributed by atoms with van der Waals surface area (Å²) in [5.41, 5.74) is 3.65. The zero-order valence-electron chi connectivity index (χ0n) is 9.59. The lowest BCUT2D eigenvalue weighted by Crippen LogP contribution is -2.21. The predicted octanol–water partition coefficient (Wildman–Crippen LogP) is 1.25. The summed E-state index contributed by atoms with van der Waals surface area (Å²) >= 11 is 5.54. The number of aliphatic hydroxyl groups is 1. The van der Waals surface area contributed by atoms with Crippen LogP contribution in [0.25, 0.3) is 0 Å². The molecule has 1 aliphatic rings. The maximum Gasteiger partial charge on any atom is 0.251 e. The highest BCUT2D eigenvalue weighted by molar-refractivity contribution is 6.18. The predicted molar refractivity (Wildman–Crippen MR) is 67.6 cm³/mol. The normalized spacial score (nSPS) is 15.4. The fourth-order valence-electron chi connectivity index (χ4n) is 1.95. The van der Waals surface area contributed by atoms with Crippen molar-refractivity contribution in [2.24, 2.45) is 0 Å². The molecular weight excluding hydrogens is 240 g/mol. The summed E-state index contributed by atoms with van der Waals surface area (Å²) < 4.78 is 0. The van der Waals surface area contributed by atoms with Crippen molar-refractivity contribution in [3.05, 3.63) is 28.8 Å². The fraction of sp³-hybridized carbons (Fsp3) is 0.417. The molecule has 0 spiro atoms. The zero-order valence-corrected chi connectivity index (χ0v) is 10.3. The number of benzene rings is 1. The average molecular weight is 255 g/mol. The van der Waals surface area contributed by atoms with Crippen molar-refractivity contribution in [1.82, 2.24) is 5.32 Å². The van der Waals surface area contributed by atoms with Crippen molar-refractivity contribution in [2.75, 3.05) is 17.7 Å². The molecule has 0 fully saturated rings. The summed E-state index contributed by atoms with van der Waals surface area (Å²) in [6, 6.07) is 3.73. The van der Waals surface area contributed by atoms with Gasteiger partial charge < -0.3 is 15.7 Å². The summed E-state index contributed by atoms with van der Waals surface area (Å²) in [6.45, 7) is 2.89. The number of hydrogen-bond donors (Lipinski definition) is 3. The topological polar surface area (TPSA) is 61.4 Å². The van der Waals surface area contributed by atoms with Crippen LogP contribution < -0.4 is 10.6 Å². The first-order valence-electron chi connectivity index (χ1n) is 5.52. The van der Waals surface area contributed by atoms with E-state index in [4.69, 9.17) is 11.6 Å². The van der Waals surface area contributed by atoms with E-state index in [9.17, 15) is 9.90 Å². The van der Waals surface area contributed by atoms with Crippen molar-refractivity contribution >= 4 is 23.2 Å². The highest BCUT2D eigenvalue weighted by Gasteiger charge is 2.22. The summed E-state index contributed by atoms with van der Waals surface area (Å²) in [6.07, 6.45) is -0.586. The van der Waals surface area contributed by atoms with Gasteiger partial charge in [-0.15, -0.1) is 11.6 Å². The monoisotopic (exact) mass is 254 g/mol. The number of aryl methyl sites for hydroxylation is 1. The zero-order chi connectivity index (χ0) is 12.4. The standard InChI is InChI=1S/C12H15ClN2O2/c1-7-2-3-9-10(6-15-12(9)17)11(7)14-5-8(16)4-13/h2-3,8,14,16H,4-6H2,1H3,(H,15,17). The summed E-state index contributed by atoms with van der Waals surface area (Å²) in [5.74, 6) is 0.152. The molecule has 0 aromatic heterocycles. The molecule has 5 heteroatoms. The van der Waals surface area contributed by atoms with Crippen molar-refractivity contribution in [1.29, 1.82) is 0 Å². The Morgan fingerprint density at radius 1 is 1.59 bits per heavy atom. The Morgan fingerprint density at radius 2 is 2.35 bits per heavy atom. The molecule has 1 aliphatic heterocycles. The SMILES string of the molecule is Cc1ccc2c(c1NCC(O)CCl)CNC2=O. The van der Waals surface area contributed by atoms with Crippen LogP contribution in [0.15, 0.2) is 12.1 Å². The molecular formula is C12H15ClN2O2. The van der Waals surface area contributed by atoms with Crippen molar-refractivity contribution in [3.63, 3.8) is 0 Å². The van der Waals surface area contributed by atoms with Gasteiger partial charge in [-0.1, -0.05) is 6.07 Å². The Kier molecular flexibility index (Phi) is 3.54. The Balaban J connectivity index is 2.24. The van der Waals surface area contributed by atoms with Gasteiger partial charge in [-0.2, -0.15) is 0 Å². The van der Waals surface area contributed by atoms with Crippen LogP contribution in [0.3, 0.4) is 0 Å². The van der Waals surface area contributed by atoms with E-state index in [1.54, 1.807) is 0 Å². The second kappa shape index (κ2) is 4.94. The smallest absolute Gasteiger partial charge is 0.251 e. The second-order valence-electron chi connectivity index (χ2n) is 4.16. The van der Waals surface area contributed by atoms with Crippen LogP contribution in [0.2, 0.25) is 0 Å². The molecule has 0 saturated carbocycles. The Bertz CT molecular complexity index is 448. The minimum absolute atomic E-state index is 0.0408. The molecule has 1 amide bonds. The minimum atomic E-state index is -0.586. The lowest BCUT2D eigenvalue weighted by atomic mass is 10.0. The number of hydrogen-bond acceptors (Lipinski definition) is 3. The van der Waals surface area contributed by atoms with Gasteiger partial charge in [-0.05, 0) is 18.6 Å². The van der Waals surface area contributed by atoms with Gasteiger partial charge in [0.05, 0.1) is 12.0 Å². The Morgan fingerprint density at radius 3 is 3.06 bits per heavy atom. The molecule has 2 rings (SSSR count). The molecule has 0 aliphatic carbocycles. The summed E-state index contributed by atoms with van der Waals surface area (Å²) in [5, 5.41) is 15.4. The van der Waals surface area contributed by atoms with Crippen molar-refractivity contribution in [2.45, 2.75) is 19.6 Å². The number of carbonyl (C=O) groups is 1. The number of carbonyl (C=O) groups excluding carboxylic acids is 1. The molecule has 0 radical (unpaired) electrons. The highest BCUT2D eigenvalue weighted by Crippen LogP contribution is 2.27. The molecule has 4 nitrogen and oxygen atoms in total. The number of rotatable bonds is 4. The van der Waals surface area contributed by atoms with Crippen LogP contribution in [0.1, 0.15) is 21.5 Å². The minimum Gasteiger partial charge on any atom is -0.390 e. The van der Waals surface area contributed by atoms with E-state index in [0.29, 0.717) is 18.7 Å². The van der Waals surface area contributed by atoms with Gasteiger partial charge in [0.2, 0.25) is 0 Å². The number of amides is 1. The highest BCUT2D eigenvalue weighted by atomic mass is 35.5. The fourth-order valence-corrected chi connectivity index (χ4v) is 2.05. The van der Waals surface area contributed by atoms with E-state index < -0.39 is 6.10 Å². The molecule has 0 saturated heterocycles. The van der Waals surface area contributed by atoms with Crippen LogP contribution in [0, 0.1) is 6.92 Å². The summed E-state index contributed by atoms with van der Waals surface area (Å²) in [7, 11) is 0. The van der Waals surface area contributed by atoms with Gasteiger partial charge in [-0.3, -0.25) is 4.79 Å². The van der Waals surface area contributed by atoms with E-state index >= 15 is 0 Å². The largest absolute Gasteiger partial charge is 0.390 e. The van der Waals surface area contributed by atoms with E-state index in [1.807, 2.05) is 19.1 Å². The van der Waals surface area contributed by atoms with E-state index in [1.165, 1.54) is 0 Å². The summed E-state index contributed by atoms with van der Waals surface area (Å²) in [4.78, 5) is 11.5. The lowest BCUT2D eigenvalue weighted by Gasteiger charge is -2.15. The van der Waals surface area contributed by atoms with Crippen molar-refractivity contribution < 1.29 is 9.90 Å². The van der Waals surface area contributed by atoms with E-state index in [2.05, 4.69) is 10.6 Å². The number of nitrogens with one attached hydrogen (secondary N) is 2. The van der Waals surface area contributed by atoms with Gasteiger partial charge in [0.15, 0.2) is 0 Å². The van der Waals surface area contributed by atoms with E-state index in [0.717, 1.165) is 16.8 Å². The number of aliphatic hydroxyl groups excluding tert-OH is 1. The third-order valence-electron chi connectivity index (χ3n) is 2.88. The molecule has 1 aromatic carbocycles. The third-order valence-corrected chi connectivity index (χ3v) is 3.24. The van der Waals surface area contributed by atoms with Crippen LogP contribution in [-0.4, -0.2) is 29.5 Å². The number of anilines is 1. The number of fused-ring (bicyclic) bond motifs is 1. The first-order chi connectivity index (χ1) is 8.13. The quantitative estimate of drug-likeness (QED) is 0.709. The van der Waals surface area contributed by atoms with Gasteiger partial charge in [0.25, 0.3) is 5.91 Å². The Labute approximate surface area is 105 Å². The molecule has 1 unspecified atom stereocenters. The Hall–Kier alpha value is -1.26. The van der Waals surface area contributed by atoms with Crippen LogP contribution in [0.4, 0.5) is 5.69 Å². The number of alkyl halides is 1. The number of halogens is 1. The molecule has 92 valence electrons. The van der Waals surface area contributed by atoms with Crippen molar-refractivity contribution in [3.8, 4) is 0 Å². The first kappa shape index (κ1) is 12.2. The van der Waals surface area contributed by atoms with E-state index in [-0.39, 0.29) is 11.8 Å². The van der Waals surface area contributed by atoms with Crippen LogP contribution in [-0.2, 0) is 6.54 Å². The molecule has 0 bridgehead atoms. The van der Waals surface area contributed by atoms with Crippen LogP contribution in [0.5, 0.6) is 0 Å². The maximum atomic E-state index is 11.5. The molecule has 3 N–H and O–H groups in total. The first-order valence-corrected chi connectivity index (χ1v) is 6.05.